The summed E-state index contributed by atoms with van der Waals surface area (Å²) < 4.78 is 28.2. The van der Waals surface area contributed by atoms with Gasteiger partial charge in [-0.3, -0.25) is 4.90 Å². The van der Waals surface area contributed by atoms with Gasteiger partial charge in [0.15, 0.2) is 4.60 Å². The van der Waals surface area contributed by atoms with Crippen LogP contribution in [-0.4, -0.2) is 64.8 Å². The first-order chi connectivity index (χ1) is 9.00. The summed E-state index contributed by atoms with van der Waals surface area (Å²) in [5, 5.41) is 7.61. The summed E-state index contributed by atoms with van der Waals surface area (Å²) in [4.78, 5) is 2.38. The van der Waals surface area contributed by atoms with Crippen molar-refractivity contribution in [3.8, 4) is 0 Å². The molecule has 2 heterocycles. The average Bonchev–Trinajstić information content (AvgIpc) is 3.16. The molecule has 0 unspecified atom stereocenters. The van der Waals surface area contributed by atoms with Crippen molar-refractivity contribution in [2.45, 2.75) is 23.9 Å². The lowest BCUT2D eigenvalue weighted by Gasteiger charge is -2.33. The zero-order valence-electron chi connectivity index (χ0n) is 10.7. The number of rotatable bonds is 3. The Labute approximate surface area is 120 Å². The fraction of sp³-hybridized carbons (Fsp3) is 0.800. The lowest BCUT2D eigenvalue weighted by atomic mass is 10.3. The number of hydrogen-bond donors (Lipinski definition) is 0. The Morgan fingerprint density at radius 3 is 2.32 bits per heavy atom. The number of aromatic nitrogens is 3. The van der Waals surface area contributed by atoms with Gasteiger partial charge in [-0.15, -0.1) is 5.10 Å². The Bertz CT molecular complexity index is 555. The van der Waals surface area contributed by atoms with Gasteiger partial charge >= 0.3 is 0 Å². The molecule has 1 aromatic rings. The molecule has 19 heavy (non-hydrogen) atoms. The van der Waals surface area contributed by atoms with Gasteiger partial charge in [-0.25, -0.2) is 13.1 Å². The van der Waals surface area contributed by atoms with E-state index < -0.39 is 10.0 Å². The third-order valence-corrected chi connectivity index (χ3v) is 6.45. The smallest absolute Gasteiger partial charge is 0.263 e. The molecule has 1 aliphatic heterocycles. The molecule has 0 aromatic carbocycles. The highest BCUT2D eigenvalue weighted by molar-refractivity contribution is 9.10. The maximum absolute atomic E-state index is 12.6. The molecule has 1 saturated carbocycles. The molecule has 2 fully saturated rings. The van der Waals surface area contributed by atoms with Crippen molar-refractivity contribution in [2.24, 2.45) is 7.05 Å². The van der Waals surface area contributed by atoms with E-state index >= 15 is 0 Å². The van der Waals surface area contributed by atoms with Gasteiger partial charge in [0.05, 0.1) is 0 Å². The topological polar surface area (TPSA) is 71.3 Å². The molecule has 0 bridgehead atoms. The van der Waals surface area contributed by atoms with E-state index in [4.69, 9.17) is 0 Å². The van der Waals surface area contributed by atoms with Crippen LogP contribution in [0.5, 0.6) is 0 Å². The van der Waals surface area contributed by atoms with Crippen LogP contribution >= 0.6 is 15.9 Å². The minimum absolute atomic E-state index is 0.132. The van der Waals surface area contributed by atoms with Gasteiger partial charge < -0.3 is 0 Å². The van der Waals surface area contributed by atoms with Gasteiger partial charge in [-0.05, 0) is 28.8 Å². The number of piperazine rings is 1. The average molecular weight is 350 g/mol. The summed E-state index contributed by atoms with van der Waals surface area (Å²) in [6, 6.07) is 0.690. The van der Waals surface area contributed by atoms with Crippen molar-refractivity contribution < 1.29 is 8.42 Å². The third-order valence-electron chi connectivity index (χ3n) is 3.66. The molecule has 1 aromatic heterocycles. The summed E-state index contributed by atoms with van der Waals surface area (Å²) in [7, 11) is -1.92. The standard InChI is InChI=1S/C10H16BrN5O2S/c1-14-10(9(11)12-13-14)19(17,18)16-6-4-15(5-7-16)8-2-3-8/h8H,2-7H2,1H3. The van der Waals surface area contributed by atoms with Crippen molar-refractivity contribution in [3.05, 3.63) is 4.60 Å². The first kappa shape index (κ1) is 13.5. The second-order valence-electron chi connectivity index (χ2n) is 4.98. The van der Waals surface area contributed by atoms with E-state index in [-0.39, 0.29) is 9.63 Å². The molecule has 0 N–H and O–H groups in total. The molecule has 0 amide bonds. The van der Waals surface area contributed by atoms with Gasteiger partial charge in [0, 0.05) is 39.3 Å². The Morgan fingerprint density at radius 1 is 1.21 bits per heavy atom. The monoisotopic (exact) mass is 349 g/mol. The molecule has 3 rings (SSSR count). The summed E-state index contributed by atoms with van der Waals surface area (Å²) in [5.74, 6) is 0. The molecule has 1 aliphatic carbocycles. The lowest BCUT2D eigenvalue weighted by molar-refractivity contribution is 0.180. The predicted molar refractivity (Wildman–Crippen MR) is 72.1 cm³/mol. The quantitative estimate of drug-likeness (QED) is 0.770. The first-order valence-electron chi connectivity index (χ1n) is 6.29. The fourth-order valence-electron chi connectivity index (χ4n) is 2.47. The Kier molecular flexibility index (Phi) is 3.40. The molecular weight excluding hydrogens is 334 g/mol. The lowest BCUT2D eigenvalue weighted by Crippen LogP contribution is -2.49. The third kappa shape index (κ3) is 2.44. The van der Waals surface area contributed by atoms with Crippen molar-refractivity contribution in [1.29, 1.82) is 0 Å². The maximum Gasteiger partial charge on any atom is 0.263 e. The van der Waals surface area contributed by atoms with E-state index in [2.05, 4.69) is 31.1 Å². The summed E-state index contributed by atoms with van der Waals surface area (Å²) in [6.45, 7) is 2.70. The van der Waals surface area contributed by atoms with Gasteiger partial charge in [0.2, 0.25) is 5.03 Å². The number of sulfonamides is 1. The first-order valence-corrected chi connectivity index (χ1v) is 8.53. The molecular formula is C10H16BrN5O2S. The highest BCUT2D eigenvalue weighted by Crippen LogP contribution is 2.29. The van der Waals surface area contributed by atoms with Crippen LogP contribution in [0.25, 0.3) is 0 Å². The van der Waals surface area contributed by atoms with Gasteiger partial charge in [-0.2, -0.15) is 4.31 Å². The molecule has 1 saturated heterocycles. The number of aryl methyl sites for hydroxylation is 1. The van der Waals surface area contributed by atoms with Crippen LogP contribution in [0.1, 0.15) is 12.8 Å². The van der Waals surface area contributed by atoms with Crippen LogP contribution in [0, 0.1) is 0 Å². The van der Waals surface area contributed by atoms with Gasteiger partial charge in [0.25, 0.3) is 10.0 Å². The van der Waals surface area contributed by atoms with Crippen molar-refractivity contribution in [2.75, 3.05) is 26.2 Å². The SMILES string of the molecule is Cn1nnc(Br)c1S(=O)(=O)N1CCN(C2CC2)CC1. The molecule has 106 valence electrons. The second-order valence-corrected chi connectivity index (χ2v) is 7.58. The molecule has 7 nitrogen and oxygen atoms in total. The highest BCUT2D eigenvalue weighted by atomic mass is 79.9. The van der Waals surface area contributed by atoms with Gasteiger partial charge in [0.1, 0.15) is 0 Å². The fourth-order valence-corrected chi connectivity index (χ4v) is 4.92. The van der Waals surface area contributed by atoms with Crippen LogP contribution in [0.2, 0.25) is 0 Å². The van der Waals surface area contributed by atoms with Gasteiger partial charge in [-0.1, -0.05) is 5.21 Å². The zero-order chi connectivity index (χ0) is 13.6. The van der Waals surface area contributed by atoms with Crippen molar-refractivity contribution in [3.63, 3.8) is 0 Å². The largest absolute Gasteiger partial charge is 0.298 e. The molecule has 9 heteroatoms. The van der Waals surface area contributed by atoms with Crippen molar-refractivity contribution in [1.82, 2.24) is 24.2 Å². The van der Waals surface area contributed by atoms with E-state index in [1.807, 2.05) is 0 Å². The van der Waals surface area contributed by atoms with Crippen LogP contribution in [0.15, 0.2) is 9.63 Å². The van der Waals surface area contributed by atoms with Crippen LogP contribution in [0.3, 0.4) is 0 Å². The maximum atomic E-state index is 12.6. The highest BCUT2D eigenvalue weighted by Gasteiger charge is 2.37. The van der Waals surface area contributed by atoms with Crippen molar-refractivity contribution >= 4 is 26.0 Å². The number of halogens is 1. The second kappa shape index (κ2) is 4.80. The van der Waals surface area contributed by atoms with E-state index in [0.29, 0.717) is 19.1 Å². The van der Waals surface area contributed by atoms with Crippen LogP contribution in [-0.2, 0) is 17.1 Å². The van der Waals surface area contributed by atoms with E-state index in [9.17, 15) is 8.42 Å². The Balaban J connectivity index is 1.78. The number of hydrogen-bond acceptors (Lipinski definition) is 5. The summed E-state index contributed by atoms with van der Waals surface area (Å²) in [6.07, 6.45) is 2.51. The predicted octanol–water partition coefficient (Wildman–Crippen LogP) is 0.0463. The van der Waals surface area contributed by atoms with E-state index in [0.717, 1.165) is 13.1 Å². The summed E-state index contributed by atoms with van der Waals surface area (Å²) in [5.41, 5.74) is 0. The van der Waals surface area contributed by atoms with Crippen LogP contribution < -0.4 is 0 Å². The molecule has 0 atom stereocenters. The van der Waals surface area contributed by atoms with E-state index in [1.54, 1.807) is 7.05 Å². The molecule has 0 spiro atoms. The van der Waals surface area contributed by atoms with E-state index in [1.165, 1.54) is 21.8 Å². The molecule has 2 aliphatic rings. The Hall–Kier alpha value is -0.510. The summed E-state index contributed by atoms with van der Waals surface area (Å²) >= 11 is 3.15. The Morgan fingerprint density at radius 2 is 1.84 bits per heavy atom. The number of nitrogens with zero attached hydrogens (tertiary/aromatic N) is 5. The van der Waals surface area contributed by atoms with Crippen LogP contribution in [0.4, 0.5) is 0 Å². The minimum atomic E-state index is -3.51. The molecule has 0 radical (unpaired) electrons. The zero-order valence-corrected chi connectivity index (χ0v) is 13.1. The minimum Gasteiger partial charge on any atom is -0.298 e. The normalized spacial score (nSPS) is 22.8.